The molecule has 1 aliphatic rings. The minimum Gasteiger partial charge on any atom is -0.493 e. The van der Waals surface area contributed by atoms with Crippen LogP contribution in [0.25, 0.3) is 11.3 Å². The maximum Gasteiger partial charge on any atom is 0.219 e. The molecule has 0 amide bonds. The van der Waals surface area contributed by atoms with Crippen LogP contribution in [0, 0.1) is 5.92 Å². The average Bonchev–Trinajstić information content (AvgIpc) is 3.31. The van der Waals surface area contributed by atoms with Crippen LogP contribution in [0.1, 0.15) is 12.8 Å². The van der Waals surface area contributed by atoms with Crippen molar-refractivity contribution < 1.29 is 18.9 Å². The Labute approximate surface area is 203 Å². The number of aromatic nitrogens is 3. The van der Waals surface area contributed by atoms with Gasteiger partial charge >= 0.3 is 0 Å². The zero-order valence-corrected chi connectivity index (χ0v) is 21.4. The van der Waals surface area contributed by atoms with E-state index < -0.39 is 8.07 Å². The molecule has 1 aromatic carbocycles. The summed E-state index contributed by atoms with van der Waals surface area (Å²) in [5, 5.41) is 4.39. The van der Waals surface area contributed by atoms with E-state index in [0.29, 0.717) is 25.1 Å². The first-order valence-electron chi connectivity index (χ1n) is 12.0. The van der Waals surface area contributed by atoms with Crippen LogP contribution in [-0.2, 0) is 16.2 Å². The van der Waals surface area contributed by atoms with Crippen molar-refractivity contribution in [2.45, 2.75) is 45.3 Å². The number of rotatable bonds is 11. The third kappa shape index (κ3) is 7.41. The second kappa shape index (κ2) is 11.6. The fourth-order valence-corrected chi connectivity index (χ4v) is 4.44. The topological polar surface area (TPSA) is 67.6 Å². The molecule has 4 rings (SSSR count). The van der Waals surface area contributed by atoms with Crippen LogP contribution in [0.5, 0.6) is 17.4 Å². The first-order valence-corrected chi connectivity index (χ1v) is 15.7. The van der Waals surface area contributed by atoms with Crippen LogP contribution in [-0.4, -0.2) is 49.3 Å². The van der Waals surface area contributed by atoms with E-state index in [1.54, 1.807) is 12.4 Å². The van der Waals surface area contributed by atoms with Crippen LogP contribution < -0.4 is 9.47 Å². The number of hydrogen-bond acceptors (Lipinski definition) is 6. The Hall–Kier alpha value is -2.68. The number of pyridine rings is 1. The van der Waals surface area contributed by atoms with E-state index in [1.807, 2.05) is 47.1 Å². The Bertz CT molecular complexity index is 1010. The van der Waals surface area contributed by atoms with Crippen LogP contribution in [0.3, 0.4) is 0 Å². The normalized spacial score (nSPS) is 16.4. The van der Waals surface area contributed by atoms with Crippen molar-refractivity contribution >= 4 is 8.07 Å². The van der Waals surface area contributed by atoms with Gasteiger partial charge in [-0.3, -0.25) is 0 Å². The highest BCUT2D eigenvalue weighted by atomic mass is 28.3. The summed E-state index contributed by atoms with van der Waals surface area (Å²) in [6, 6.07) is 14.6. The van der Waals surface area contributed by atoms with Gasteiger partial charge in [0.15, 0.2) is 0 Å². The minimum absolute atomic E-state index is 0.438. The fourth-order valence-electron chi connectivity index (χ4n) is 3.68. The fraction of sp³-hybridized carbons (Fsp3) is 0.462. The molecule has 8 heteroatoms. The Balaban J connectivity index is 1.28. The van der Waals surface area contributed by atoms with E-state index in [9.17, 15) is 0 Å². The molecule has 1 unspecified atom stereocenters. The summed E-state index contributed by atoms with van der Waals surface area (Å²) in [5.41, 5.74) is 1.94. The molecule has 0 aliphatic carbocycles. The molecule has 0 bridgehead atoms. The lowest BCUT2D eigenvalue weighted by Crippen LogP contribution is -2.23. The summed E-state index contributed by atoms with van der Waals surface area (Å²) < 4.78 is 25.0. The highest BCUT2D eigenvalue weighted by Crippen LogP contribution is 2.26. The number of ether oxygens (including phenoxy) is 4. The third-order valence-electron chi connectivity index (χ3n) is 5.75. The van der Waals surface area contributed by atoms with Gasteiger partial charge in [-0.2, -0.15) is 5.10 Å². The molecule has 34 heavy (non-hydrogen) atoms. The van der Waals surface area contributed by atoms with Gasteiger partial charge < -0.3 is 18.9 Å². The third-order valence-corrected chi connectivity index (χ3v) is 7.45. The summed E-state index contributed by atoms with van der Waals surface area (Å²) in [5.74, 6) is 2.56. The Morgan fingerprint density at radius 1 is 1.06 bits per heavy atom. The van der Waals surface area contributed by atoms with E-state index in [2.05, 4.69) is 29.7 Å². The number of benzene rings is 1. The van der Waals surface area contributed by atoms with E-state index in [1.165, 1.54) is 0 Å². The first kappa shape index (κ1) is 24.4. The standard InChI is InChI=1S/C26H35N3O4Si/c1-34(2,3)16-15-31-20-29-25(12-13-28-29)22-6-11-26(27-17-22)33-24-9-7-23(8-10-24)32-19-21-5-4-14-30-18-21/h6-13,17,21H,4-5,14-16,18-20H2,1-3H3. The van der Waals surface area contributed by atoms with E-state index >= 15 is 0 Å². The van der Waals surface area contributed by atoms with Gasteiger partial charge in [0.05, 0.1) is 18.9 Å². The predicted molar refractivity (Wildman–Crippen MR) is 135 cm³/mol. The van der Waals surface area contributed by atoms with E-state index in [0.717, 1.165) is 61.5 Å². The van der Waals surface area contributed by atoms with E-state index in [-0.39, 0.29) is 0 Å². The SMILES string of the molecule is C[Si](C)(C)CCOCn1nccc1-c1ccc(Oc2ccc(OCC3CCCOC3)cc2)nc1. The van der Waals surface area contributed by atoms with Crippen molar-refractivity contribution in [3.8, 4) is 28.6 Å². The molecule has 0 N–H and O–H groups in total. The van der Waals surface area contributed by atoms with Gasteiger partial charge in [0, 0.05) is 51.2 Å². The predicted octanol–water partition coefficient (Wildman–Crippen LogP) is 5.86. The van der Waals surface area contributed by atoms with Gasteiger partial charge in [0.2, 0.25) is 5.88 Å². The van der Waals surface area contributed by atoms with Gasteiger partial charge in [-0.15, -0.1) is 0 Å². The monoisotopic (exact) mass is 481 g/mol. The molecule has 2 aromatic heterocycles. The van der Waals surface area contributed by atoms with Crippen molar-refractivity contribution in [2.24, 2.45) is 5.92 Å². The van der Waals surface area contributed by atoms with E-state index in [4.69, 9.17) is 18.9 Å². The molecule has 1 atom stereocenters. The molecule has 0 radical (unpaired) electrons. The van der Waals surface area contributed by atoms with Crippen molar-refractivity contribution in [3.63, 3.8) is 0 Å². The Morgan fingerprint density at radius 2 is 1.88 bits per heavy atom. The van der Waals surface area contributed by atoms with Crippen LogP contribution >= 0.6 is 0 Å². The molecular formula is C26H35N3O4Si. The lowest BCUT2D eigenvalue weighted by atomic mass is 10.0. The number of hydrogen-bond donors (Lipinski definition) is 0. The summed E-state index contributed by atoms with van der Waals surface area (Å²) in [6.07, 6.45) is 5.86. The van der Waals surface area contributed by atoms with Crippen molar-refractivity contribution in [2.75, 3.05) is 26.4 Å². The van der Waals surface area contributed by atoms with Gasteiger partial charge in [0.1, 0.15) is 18.2 Å². The highest BCUT2D eigenvalue weighted by Gasteiger charge is 2.15. The largest absolute Gasteiger partial charge is 0.493 e. The van der Waals surface area contributed by atoms with Crippen LogP contribution in [0.2, 0.25) is 25.7 Å². The molecule has 7 nitrogen and oxygen atoms in total. The molecule has 0 spiro atoms. The quantitative estimate of drug-likeness (QED) is 0.253. The van der Waals surface area contributed by atoms with Crippen LogP contribution in [0.15, 0.2) is 54.9 Å². The molecule has 0 saturated carbocycles. The molecule has 182 valence electrons. The smallest absolute Gasteiger partial charge is 0.219 e. The lowest BCUT2D eigenvalue weighted by Gasteiger charge is -2.22. The zero-order valence-electron chi connectivity index (χ0n) is 20.4. The molecule has 1 aliphatic heterocycles. The first-order chi connectivity index (χ1) is 16.5. The van der Waals surface area contributed by atoms with Crippen molar-refractivity contribution in [3.05, 3.63) is 54.9 Å². The summed E-state index contributed by atoms with van der Waals surface area (Å²) in [7, 11) is -1.10. The maximum absolute atomic E-state index is 5.91. The molecular weight excluding hydrogens is 446 g/mol. The second-order valence-electron chi connectivity index (χ2n) is 9.92. The molecule has 3 heterocycles. The molecule has 3 aromatic rings. The lowest BCUT2D eigenvalue weighted by molar-refractivity contribution is 0.0352. The van der Waals surface area contributed by atoms with Gasteiger partial charge in [0.25, 0.3) is 0 Å². The summed E-state index contributed by atoms with van der Waals surface area (Å²) in [4.78, 5) is 4.48. The average molecular weight is 482 g/mol. The molecule has 1 saturated heterocycles. The number of nitrogens with zero attached hydrogens (tertiary/aromatic N) is 3. The van der Waals surface area contributed by atoms with Gasteiger partial charge in [-0.25, -0.2) is 9.67 Å². The minimum atomic E-state index is -1.10. The zero-order chi connectivity index (χ0) is 23.8. The summed E-state index contributed by atoms with van der Waals surface area (Å²) in [6.45, 7) is 10.6. The molecule has 1 fully saturated rings. The van der Waals surface area contributed by atoms with Crippen LogP contribution in [0.4, 0.5) is 0 Å². The van der Waals surface area contributed by atoms with Crippen molar-refractivity contribution in [1.82, 2.24) is 14.8 Å². The Morgan fingerprint density at radius 3 is 2.59 bits per heavy atom. The Kier molecular flexibility index (Phi) is 8.37. The van der Waals surface area contributed by atoms with Gasteiger partial charge in [-0.05, 0) is 55.3 Å². The maximum atomic E-state index is 5.91. The second-order valence-corrected chi connectivity index (χ2v) is 15.5. The highest BCUT2D eigenvalue weighted by molar-refractivity contribution is 6.76. The van der Waals surface area contributed by atoms with Gasteiger partial charge in [-0.1, -0.05) is 19.6 Å². The van der Waals surface area contributed by atoms with Crippen molar-refractivity contribution in [1.29, 1.82) is 0 Å². The summed E-state index contributed by atoms with van der Waals surface area (Å²) >= 11 is 0.